The Balaban J connectivity index is 2.61. The molecule has 5 heteroatoms. The summed E-state index contributed by atoms with van der Waals surface area (Å²) in [4.78, 5) is 23.1. The summed E-state index contributed by atoms with van der Waals surface area (Å²) in [6, 6.07) is 8.61. The maximum atomic E-state index is 11.6. The van der Waals surface area contributed by atoms with E-state index in [1.807, 2.05) is 6.07 Å². The quantitative estimate of drug-likeness (QED) is 0.783. The molecule has 0 radical (unpaired) electrons. The zero-order valence-electron chi connectivity index (χ0n) is 11.3. The van der Waals surface area contributed by atoms with Crippen molar-refractivity contribution in [2.75, 3.05) is 0 Å². The van der Waals surface area contributed by atoms with Crippen LogP contribution >= 0.6 is 0 Å². The molecule has 3 unspecified atom stereocenters. The summed E-state index contributed by atoms with van der Waals surface area (Å²) >= 11 is 0. The van der Waals surface area contributed by atoms with E-state index in [1.165, 1.54) is 0 Å². The van der Waals surface area contributed by atoms with E-state index in [2.05, 4.69) is 5.32 Å². The van der Waals surface area contributed by atoms with Crippen LogP contribution in [0.15, 0.2) is 41.6 Å². The molecule has 1 heterocycles. The first-order valence-corrected chi connectivity index (χ1v) is 6.41. The Kier molecular flexibility index (Phi) is 3.79. The number of aliphatic carboxylic acids is 2. The summed E-state index contributed by atoms with van der Waals surface area (Å²) in [6.07, 6.45) is 0. The molecule has 0 aliphatic carbocycles. The zero-order chi connectivity index (χ0) is 14.9. The molecule has 0 amide bonds. The average molecular weight is 275 g/mol. The first kappa shape index (κ1) is 14.1. The summed E-state index contributed by atoms with van der Waals surface area (Å²) in [6.45, 7) is 3.44. The molecule has 0 saturated heterocycles. The Morgan fingerprint density at radius 1 is 1.15 bits per heavy atom. The van der Waals surface area contributed by atoms with Crippen LogP contribution in [0, 0.1) is 5.92 Å². The lowest BCUT2D eigenvalue weighted by molar-refractivity contribution is -0.143. The molecule has 5 nitrogen and oxygen atoms in total. The minimum absolute atomic E-state index is 0.127. The normalized spacial score (nSPS) is 26.0. The van der Waals surface area contributed by atoms with Crippen LogP contribution in [0.4, 0.5) is 0 Å². The van der Waals surface area contributed by atoms with Crippen LogP contribution in [-0.2, 0) is 9.59 Å². The predicted octanol–water partition coefficient (Wildman–Crippen LogP) is 1.82. The van der Waals surface area contributed by atoms with Crippen LogP contribution in [0.3, 0.4) is 0 Å². The van der Waals surface area contributed by atoms with Crippen molar-refractivity contribution >= 4 is 11.9 Å². The molecule has 2 rings (SSSR count). The third-order valence-electron chi connectivity index (χ3n) is 3.73. The van der Waals surface area contributed by atoms with E-state index in [0.717, 1.165) is 0 Å². The second-order valence-electron chi connectivity index (χ2n) is 5.03. The van der Waals surface area contributed by atoms with Crippen molar-refractivity contribution in [2.45, 2.75) is 25.8 Å². The number of hydrogen-bond donors (Lipinski definition) is 3. The number of carboxylic acids is 2. The van der Waals surface area contributed by atoms with E-state index < -0.39 is 23.8 Å². The number of hydrogen-bond acceptors (Lipinski definition) is 3. The average Bonchev–Trinajstić information content (AvgIpc) is 2.37. The van der Waals surface area contributed by atoms with Gasteiger partial charge in [0.2, 0.25) is 0 Å². The van der Waals surface area contributed by atoms with Crippen LogP contribution in [0.2, 0.25) is 0 Å². The maximum absolute atomic E-state index is 11.6. The molecule has 0 fully saturated rings. The van der Waals surface area contributed by atoms with Gasteiger partial charge in [-0.25, -0.2) is 4.79 Å². The summed E-state index contributed by atoms with van der Waals surface area (Å²) < 4.78 is 0. The molecule has 1 aliphatic rings. The molecule has 0 spiro atoms. The van der Waals surface area contributed by atoms with Gasteiger partial charge < -0.3 is 15.5 Å². The molecule has 0 saturated carbocycles. The molecule has 20 heavy (non-hydrogen) atoms. The van der Waals surface area contributed by atoms with Crippen molar-refractivity contribution in [3.8, 4) is 0 Å². The highest BCUT2D eigenvalue weighted by Crippen LogP contribution is 2.39. The van der Waals surface area contributed by atoms with Gasteiger partial charge in [0.25, 0.3) is 0 Å². The molecular weight excluding hydrogens is 258 g/mol. The number of benzene rings is 1. The van der Waals surface area contributed by atoms with Gasteiger partial charge in [0, 0.05) is 17.7 Å². The van der Waals surface area contributed by atoms with Crippen molar-refractivity contribution in [1.82, 2.24) is 5.32 Å². The van der Waals surface area contributed by atoms with E-state index >= 15 is 0 Å². The number of carbonyl (C=O) groups is 2. The van der Waals surface area contributed by atoms with Crippen LogP contribution in [0.25, 0.3) is 0 Å². The SMILES string of the molecule is CC1=C(C(=O)O)C(c2ccccc2)C(C(=O)O)C(C)N1. The standard InChI is InChI=1S/C15H17NO4/c1-8-11(14(17)18)13(10-6-4-3-5-7-10)12(15(19)20)9(2)16-8/h3-8,11,13,16H,1-2H3,(H,17,18)(H,19,20). The molecule has 3 atom stereocenters. The van der Waals surface area contributed by atoms with Crippen molar-refractivity contribution in [3.63, 3.8) is 0 Å². The third-order valence-corrected chi connectivity index (χ3v) is 3.73. The van der Waals surface area contributed by atoms with E-state index in [9.17, 15) is 19.8 Å². The van der Waals surface area contributed by atoms with Gasteiger partial charge in [-0.05, 0) is 19.4 Å². The lowest BCUT2D eigenvalue weighted by atomic mass is 9.74. The van der Waals surface area contributed by atoms with E-state index in [1.54, 1.807) is 38.1 Å². The smallest absolute Gasteiger partial charge is 0.333 e. The molecule has 0 bridgehead atoms. The van der Waals surface area contributed by atoms with E-state index in [4.69, 9.17) is 0 Å². The highest BCUT2D eigenvalue weighted by molar-refractivity contribution is 5.91. The van der Waals surface area contributed by atoms with Crippen LogP contribution in [0.1, 0.15) is 25.3 Å². The zero-order valence-corrected chi connectivity index (χ0v) is 11.3. The topological polar surface area (TPSA) is 86.6 Å². The van der Waals surface area contributed by atoms with E-state index in [0.29, 0.717) is 11.3 Å². The minimum Gasteiger partial charge on any atom is -0.481 e. The highest BCUT2D eigenvalue weighted by atomic mass is 16.4. The van der Waals surface area contributed by atoms with Gasteiger partial charge in [-0.2, -0.15) is 0 Å². The predicted molar refractivity (Wildman–Crippen MR) is 73.2 cm³/mol. The van der Waals surface area contributed by atoms with Gasteiger partial charge in [0.15, 0.2) is 0 Å². The molecule has 106 valence electrons. The first-order valence-electron chi connectivity index (χ1n) is 6.41. The lowest BCUT2D eigenvalue weighted by Crippen LogP contribution is -2.46. The fraction of sp³-hybridized carbons (Fsp3) is 0.333. The second kappa shape index (κ2) is 5.36. The van der Waals surface area contributed by atoms with Gasteiger partial charge in [-0.1, -0.05) is 30.3 Å². The summed E-state index contributed by atoms with van der Waals surface area (Å²) in [5.41, 5.74) is 1.36. The molecular formula is C15H17NO4. The van der Waals surface area contributed by atoms with Crippen LogP contribution in [0.5, 0.6) is 0 Å². The van der Waals surface area contributed by atoms with E-state index in [-0.39, 0.29) is 11.6 Å². The minimum atomic E-state index is -1.08. The van der Waals surface area contributed by atoms with Gasteiger partial charge in [-0.3, -0.25) is 4.79 Å². The van der Waals surface area contributed by atoms with Crippen LogP contribution in [-0.4, -0.2) is 28.2 Å². The second-order valence-corrected chi connectivity index (χ2v) is 5.03. The highest BCUT2D eigenvalue weighted by Gasteiger charge is 2.43. The van der Waals surface area contributed by atoms with Gasteiger partial charge >= 0.3 is 11.9 Å². The Labute approximate surface area is 116 Å². The number of allylic oxidation sites excluding steroid dienone is 1. The van der Waals surface area contributed by atoms with Crippen molar-refractivity contribution in [2.24, 2.45) is 5.92 Å². The van der Waals surface area contributed by atoms with Crippen molar-refractivity contribution in [3.05, 3.63) is 47.2 Å². The Morgan fingerprint density at radius 3 is 2.25 bits per heavy atom. The molecule has 3 N–H and O–H groups in total. The van der Waals surface area contributed by atoms with Gasteiger partial charge in [0.05, 0.1) is 11.5 Å². The van der Waals surface area contributed by atoms with Crippen LogP contribution < -0.4 is 5.32 Å². The number of nitrogens with one attached hydrogen (secondary N) is 1. The Bertz CT molecular complexity index is 564. The van der Waals surface area contributed by atoms with Gasteiger partial charge in [-0.15, -0.1) is 0 Å². The largest absolute Gasteiger partial charge is 0.481 e. The summed E-state index contributed by atoms with van der Waals surface area (Å²) in [7, 11) is 0. The van der Waals surface area contributed by atoms with Crippen molar-refractivity contribution in [1.29, 1.82) is 0 Å². The van der Waals surface area contributed by atoms with Gasteiger partial charge in [0.1, 0.15) is 0 Å². The Hall–Kier alpha value is -2.30. The summed E-state index contributed by atoms with van der Waals surface area (Å²) in [5.74, 6) is -3.54. The molecule has 1 aromatic carbocycles. The fourth-order valence-electron chi connectivity index (χ4n) is 2.89. The molecule has 0 aromatic heterocycles. The van der Waals surface area contributed by atoms with Crippen molar-refractivity contribution < 1.29 is 19.8 Å². The third kappa shape index (κ3) is 2.39. The molecule has 1 aromatic rings. The number of carboxylic acid groups (broad SMARTS) is 2. The summed E-state index contributed by atoms with van der Waals surface area (Å²) in [5, 5.41) is 21.9. The maximum Gasteiger partial charge on any atom is 0.333 e. The lowest BCUT2D eigenvalue weighted by Gasteiger charge is -2.36. The monoisotopic (exact) mass is 275 g/mol. The fourth-order valence-corrected chi connectivity index (χ4v) is 2.89. The number of rotatable bonds is 3. The first-order chi connectivity index (χ1) is 9.43. The molecule has 1 aliphatic heterocycles. The Morgan fingerprint density at radius 2 is 1.75 bits per heavy atom.